The molecule has 1 aliphatic rings. The minimum absolute atomic E-state index is 0.224. The second kappa shape index (κ2) is 6.31. The zero-order valence-corrected chi connectivity index (χ0v) is 12.5. The first-order chi connectivity index (χ1) is 11.1. The fraction of sp³-hybridized carbons (Fsp3) is 0.118. The van der Waals surface area contributed by atoms with E-state index in [9.17, 15) is 4.79 Å². The van der Waals surface area contributed by atoms with E-state index in [0.717, 1.165) is 5.70 Å². The highest BCUT2D eigenvalue weighted by atomic mass is 16.5. The van der Waals surface area contributed by atoms with Gasteiger partial charge in [-0.25, -0.2) is 9.78 Å². The molecular formula is C17H15N3O3. The molecule has 116 valence electrons. The summed E-state index contributed by atoms with van der Waals surface area (Å²) in [5, 5.41) is 12.3. The maximum atomic E-state index is 11.2. The number of aromatic nitrogens is 1. The fourth-order valence-corrected chi connectivity index (χ4v) is 2.21. The van der Waals surface area contributed by atoms with Crippen molar-refractivity contribution in [1.82, 2.24) is 4.98 Å². The predicted octanol–water partition coefficient (Wildman–Crippen LogP) is 3.26. The molecule has 0 amide bonds. The van der Waals surface area contributed by atoms with E-state index in [1.807, 2.05) is 6.08 Å². The van der Waals surface area contributed by atoms with Crippen LogP contribution >= 0.6 is 0 Å². The standard InChI is InChI=1S/C17H15N3O3/c1-11-14(17(21)22)3-2-4-15(11)23-13-6-8-19-16(9-13)20-12-5-7-18-10-12/h2-6,8-10H,7H2,1H3,(H,19,20)(H,21,22). The van der Waals surface area contributed by atoms with Crippen LogP contribution in [0.5, 0.6) is 11.5 Å². The number of carbonyl (C=O) groups is 1. The zero-order valence-electron chi connectivity index (χ0n) is 12.5. The molecule has 6 heteroatoms. The van der Waals surface area contributed by atoms with Crippen molar-refractivity contribution in [1.29, 1.82) is 0 Å². The second-order valence-corrected chi connectivity index (χ2v) is 4.99. The van der Waals surface area contributed by atoms with Gasteiger partial charge in [-0.3, -0.25) is 4.99 Å². The van der Waals surface area contributed by atoms with E-state index >= 15 is 0 Å². The Kier molecular flexibility index (Phi) is 4.05. The van der Waals surface area contributed by atoms with Gasteiger partial charge < -0.3 is 15.2 Å². The number of nitrogens with one attached hydrogen (secondary N) is 1. The number of nitrogens with zero attached hydrogens (tertiary/aromatic N) is 2. The predicted molar refractivity (Wildman–Crippen MR) is 87.5 cm³/mol. The first-order valence-electron chi connectivity index (χ1n) is 7.07. The smallest absolute Gasteiger partial charge is 0.336 e. The number of ether oxygens (including phenoxy) is 1. The highest BCUT2D eigenvalue weighted by Gasteiger charge is 2.12. The molecule has 1 aromatic carbocycles. The molecule has 1 aliphatic heterocycles. The molecule has 0 radical (unpaired) electrons. The summed E-state index contributed by atoms with van der Waals surface area (Å²) in [6.07, 6.45) is 5.33. The highest BCUT2D eigenvalue weighted by Crippen LogP contribution is 2.28. The topological polar surface area (TPSA) is 83.8 Å². The molecule has 23 heavy (non-hydrogen) atoms. The van der Waals surface area contributed by atoms with E-state index < -0.39 is 5.97 Å². The van der Waals surface area contributed by atoms with Crippen LogP contribution in [0, 0.1) is 6.92 Å². The molecule has 0 atom stereocenters. The van der Waals surface area contributed by atoms with Crippen molar-refractivity contribution >= 4 is 18.0 Å². The highest BCUT2D eigenvalue weighted by molar-refractivity contribution is 5.90. The Balaban J connectivity index is 1.82. The Morgan fingerprint density at radius 2 is 2.22 bits per heavy atom. The molecule has 0 saturated carbocycles. The molecule has 6 nitrogen and oxygen atoms in total. The van der Waals surface area contributed by atoms with Gasteiger partial charge in [-0.2, -0.15) is 0 Å². The Morgan fingerprint density at radius 3 is 2.96 bits per heavy atom. The molecule has 2 N–H and O–H groups in total. The molecule has 1 aromatic heterocycles. The SMILES string of the molecule is Cc1c(Oc2ccnc(NC3=CCN=C3)c2)cccc1C(=O)O. The third kappa shape index (κ3) is 3.37. The van der Waals surface area contributed by atoms with Crippen LogP contribution in [0.2, 0.25) is 0 Å². The quantitative estimate of drug-likeness (QED) is 0.885. The summed E-state index contributed by atoms with van der Waals surface area (Å²) >= 11 is 0. The molecule has 0 aliphatic carbocycles. The van der Waals surface area contributed by atoms with Crippen molar-refractivity contribution in [2.45, 2.75) is 6.92 Å². The van der Waals surface area contributed by atoms with Crippen LogP contribution in [0.25, 0.3) is 0 Å². The second-order valence-electron chi connectivity index (χ2n) is 4.99. The molecule has 3 rings (SSSR count). The number of carboxylic acid groups (broad SMARTS) is 1. The van der Waals surface area contributed by atoms with E-state index in [4.69, 9.17) is 9.84 Å². The number of pyridine rings is 1. The number of allylic oxidation sites excluding steroid dienone is 1. The monoisotopic (exact) mass is 309 g/mol. The van der Waals surface area contributed by atoms with E-state index in [2.05, 4.69) is 15.3 Å². The van der Waals surface area contributed by atoms with Gasteiger partial charge in [0.05, 0.1) is 17.8 Å². The largest absolute Gasteiger partial charge is 0.478 e. The molecule has 0 fully saturated rings. The van der Waals surface area contributed by atoms with E-state index in [-0.39, 0.29) is 5.56 Å². The van der Waals surface area contributed by atoms with Crippen LogP contribution in [0.1, 0.15) is 15.9 Å². The number of aliphatic imine (C=N–C) groups is 1. The number of hydrogen-bond donors (Lipinski definition) is 2. The Hall–Kier alpha value is -3.15. The number of anilines is 1. The zero-order chi connectivity index (χ0) is 16.2. The lowest BCUT2D eigenvalue weighted by Gasteiger charge is -2.11. The summed E-state index contributed by atoms with van der Waals surface area (Å²) in [4.78, 5) is 19.5. The number of benzene rings is 1. The van der Waals surface area contributed by atoms with Crippen LogP contribution in [0.4, 0.5) is 5.82 Å². The van der Waals surface area contributed by atoms with Gasteiger partial charge in [-0.15, -0.1) is 0 Å². The summed E-state index contributed by atoms with van der Waals surface area (Å²) in [7, 11) is 0. The number of aromatic carboxylic acids is 1. The maximum Gasteiger partial charge on any atom is 0.336 e. The van der Waals surface area contributed by atoms with Crippen molar-refractivity contribution in [3.8, 4) is 11.5 Å². The lowest BCUT2D eigenvalue weighted by molar-refractivity contribution is 0.0695. The van der Waals surface area contributed by atoms with Crippen molar-refractivity contribution < 1.29 is 14.6 Å². The average Bonchev–Trinajstić information content (AvgIpc) is 3.02. The lowest BCUT2D eigenvalue weighted by atomic mass is 10.1. The third-order valence-corrected chi connectivity index (χ3v) is 3.39. The van der Waals surface area contributed by atoms with E-state index in [1.54, 1.807) is 49.7 Å². The molecule has 2 aromatic rings. The van der Waals surface area contributed by atoms with Crippen LogP contribution in [0.3, 0.4) is 0 Å². The van der Waals surface area contributed by atoms with Crippen molar-refractivity contribution in [2.75, 3.05) is 11.9 Å². The average molecular weight is 309 g/mol. The first kappa shape index (κ1) is 14.8. The van der Waals surface area contributed by atoms with Gasteiger partial charge in [-0.05, 0) is 31.2 Å². The lowest BCUT2D eigenvalue weighted by Crippen LogP contribution is -2.02. The van der Waals surface area contributed by atoms with Crippen molar-refractivity contribution in [2.24, 2.45) is 4.99 Å². The summed E-state index contributed by atoms with van der Waals surface area (Å²) in [5.74, 6) is 0.735. The van der Waals surface area contributed by atoms with Crippen LogP contribution in [-0.2, 0) is 0 Å². The minimum Gasteiger partial charge on any atom is -0.478 e. The summed E-state index contributed by atoms with van der Waals surface area (Å²) in [6, 6.07) is 8.42. The summed E-state index contributed by atoms with van der Waals surface area (Å²) < 4.78 is 5.81. The van der Waals surface area contributed by atoms with Gasteiger partial charge >= 0.3 is 5.97 Å². The Morgan fingerprint density at radius 1 is 1.35 bits per heavy atom. The number of rotatable bonds is 5. The van der Waals surface area contributed by atoms with E-state index in [1.165, 1.54) is 0 Å². The molecule has 0 bridgehead atoms. The Bertz CT molecular complexity index is 812. The summed E-state index contributed by atoms with van der Waals surface area (Å²) in [6.45, 7) is 2.39. The van der Waals surface area contributed by atoms with Gasteiger partial charge in [0.2, 0.25) is 0 Å². The van der Waals surface area contributed by atoms with Crippen molar-refractivity contribution in [3.63, 3.8) is 0 Å². The van der Waals surface area contributed by atoms with Gasteiger partial charge in [-0.1, -0.05) is 6.07 Å². The number of hydrogen-bond acceptors (Lipinski definition) is 5. The normalized spacial score (nSPS) is 12.8. The molecule has 0 saturated heterocycles. The number of carboxylic acids is 1. The Labute approximate surface area is 133 Å². The first-order valence-corrected chi connectivity index (χ1v) is 7.07. The molecule has 0 unspecified atom stereocenters. The van der Waals surface area contributed by atoms with Gasteiger partial charge in [0.25, 0.3) is 0 Å². The third-order valence-electron chi connectivity index (χ3n) is 3.39. The minimum atomic E-state index is -0.975. The van der Waals surface area contributed by atoms with Crippen LogP contribution < -0.4 is 10.1 Å². The van der Waals surface area contributed by atoms with Crippen LogP contribution in [-0.4, -0.2) is 28.8 Å². The fourth-order valence-electron chi connectivity index (χ4n) is 2.21. The van der Waals surface area contributed by atoms with E-state index in [0.29, 0.717) is 29.4 Å². The molecule has 0 spiro atoms. The molecular weight excluding hydrogens is 294 g/mol. The van der Waals surface area contributed by atoms with Crippen molar-refractivity contribution in [3.05, 3.63) is 59.4 Å². The summed E-state index contributed by atoms with van der Waals surface area (Å²) in [5.41, 5.74) is 1.69. The van der Waals surface area contributed by atoms with Gasteiger partial charge in [0, 0.05) is 24.0 Å². The van der Waals surface area contributed by atoms with Gasteiger partial charge in [0.1, 0.15) is 17.3 Å². The van der Waals surface area contributed by atoms with Gasteiger partial charge in [0.15, 0.2) is 0 Å². The van der Waals surface area contributed by atoms with Crippen LogP contribution in [0.15, 0.2) is 53.3 Å². The maximum absolute atomic E-state index is 11.2. The molecule has 2 heterocycles.